The summed E-state index contributed by atoms with van der Waals surface area (Å²) in [5.74, 6) is 2.12. The number of methoxy groups -OCH3 is 2. The van der Waals surface area contributed by atoms with Crippen molar-refractivity contribution in [1.82, 2.24) is 25.5 Å². The van der Waals surface area contributed by atoms with Crippen LogP contribution in [0.3, 0.4) is 0 Å². The molecule has 102 valence electrons. The summed E-state index contributed by atoms with van der Waals surface area (Å²) in [7, 11) is 4.99. The van der Waals surface area contributed by atoms with E-state index in [-0.39, 0.29) is 0 Å². The average molecular weight is 263 g/mol. The highest BCUT2D eigenvalue weighted by atomic mass is 16.5. The van der Waals surface area contributed by atoms with E-state index in [4.69, 9.17) is 9.47 Å². The lowest BCUT2D eigenvalue weighted by atomic mass is 10.2. The van der Waals surface area contributed by atoms with Crippen molar-refractivity contribution in [3.63, 3.8) is 0 Å². The number of rotatable bonds is 6. The van der Waals surface area contributed by atoms with Crippen molar-refractivity contribution in [2.75, 3.05) is 14.2 Å². The van der Waals surface area contributed by atoms with Crippen LogP contribution in [0.1, 0.15) is 11.4 Å². The van der Waals surface area contributed by atoms with E-state index in [1.807, 2.05) is 18.2 Å². The minimum atomic E-state index is 0.572. The topological polar surface area (TPSA) is 74.1 Å². The molecule has 0 saturated carbocycles. The Balaban J connectivity index is 1.92. The average Bonchev–Trinajstić information content (AvgIpc) is 2.84. The molecule has 1 aromatic heterocycles. The predicted molar refractivity (Wildman–Crippen MR) is 68.9 cm³/mol. The van der Waals surface area contributed by atoms with E-state index in [2.05, 4.69) is 20.7 Å². The lowest BCUT2D eigenvalue weighted by Crippen LogP contribution is -2.14. The fourth-order valence-corrected chi connectivity index (χ4v) is 1.70. The molecule has 0 bridgehead atoms. The zero-order valence-electron chi connectivity index (χ0n) is 11.3. The molecule has 1 N–H and O–H groups in total. The maximum absolute atomic E-state index is 5.25. The fraction of sp³-hybridized carbons (Fsp3) is 0.417. The SMILES string of the molecule is COc1ccc(CNCc2nnn(C)n2)cc1OC. The first-order valence-corrected chi connectivity index (χ1v) is 5.87. The van der Waals surface area contributed by atoms with E-state index in [9.17, 15) is 0 Å². The Morgan fingerprint density at radius 3 is 2.58 bits per heavy atom. The smallest absolute Gasteiger partial charge is 0.188 e. The molecule has 0 spiro atoms. The molecule has 0 unspecified atom stereocenters. The maximum atomic E-state index is 5.25. The second kappa shape index (κ2) is 6.14. The summed E-state index contributed by atoms with van der Waals surface area (Å²) in [6.45, 7) is 1.26. The normalized spacial score (nSPS) is 10.5. The van der Waals surface area contributed by atoms with Gasteiger partial charge in [-0.1, -0.05) is 6.07 Å². The van der Waals surface area contributed by atoms with Crippen LogP contribution in [0.4, 0.5) is 0 Å². The Morgan fingerprint density at radius 1 is 1.16 bits per heavy atom. The first-order chi connectivity index (χ1) is 9.22. The number of benzene rings is 1. The van der Waals surface area contributed by atoms with Crippen LogP contribution in [0.15, 0.2) is 18.2 Å². The van der Waals surface area contributed by atoms with E-state index in [0.29, 0.717) is 18.9 Å². The van der Waals surface area contributed by atoms with Gasteiger partial charge in [-0.05, 0) is 22.9 Å². The molecule has 7 heteroatoms. The summed E-state index contributed by atoms with van der Waals surface area (Å²) in [6, 6.07) is 5.81. The van der Waals surface area contributed by atoms with Crippen molar-refractivity contribution in [2.24, 2.45) is 7.05 Å². The molecule has 0 aliphatic heterocycles. The minimum absolute atomic E-state index is 0.572. The Morgan fingerprint density at radius 2 is 1.95 bits per heavy atom. The van der Waals surface area contributed by atoms with Gasteiger partial charge < -0.3 is 14.8 Å². The van der Waals surface area contributed by atoms with Gasteiger partial charge in [0, 0.05) is 6.54 Å². The van der Waals surface area contributed by atoms with Crippen LogP contribution in [-0.2, 0) is 20.1 Å². The van der Waals surface area contributed by atoms with Gasteiger partial charge in [0.1, 0.15) is 0 Å². The number of hydrogen-bond donors (Lipinski definition) is 1. The molecule has 0 aliphatic carbocycles. The molecule has 0 aliphatic rings. The van der Waals surface area contributed by atoms with E-state index in [1.165, 1.54) is 4.80 Å². The Hall–Kier alpha value is -2.15. The number of aryl methyl sites for hydroxylation is 1. The van der Waals surface area contributed by atoms with Gasteiger partial charge in [-0.2, -0.15) is 4.80 Å². The molecular formula is C12H17N5O2. The van der Waals surface area contributed by atoms with Crippen LogP contribution in [0.25, 0.3) is 0 Å². The number of nitrogens with one attached hydrogen (secondary N) is 1. The largest absolute Gasteiger partial charge is 0.493 e. The van der Waals surface area contributed by atoms with Crippen molar-refractivity contribution in [2.45, 2.75) is 13.1 Å². The van der Waals surface area contributed by atoms with Crippen LogP contribution in [0.5, 0.6) is 11.5 Å². The van der Waals surface area contributed by atoms with Crippen molar-refractivity contribution in [3.05, 3.63) is 29.6 Å². The highest BCUT2D eigenvalue weighted by molar-refractivity contribution is 5.42. The molecular weight excluding hydrogens is 246 g/mol. The molecule has 1 aromatic carbocycles. The number of tetrazole rings is 1. The molecule has 2 aromatic rings. The summed E-state index contributed by atoms with van der Waals surface area (Å²) in [5.41, 5.74) is 1.10. The fourth-order valence-electron chi connectivity index (χ4n) is 1.70. The molecule has 2 rings (SSSR count). The van der Waals surface area contributed by atoms with Gasteiger partial charge in [-0.3, -0.25) is 0 Å². The van der Waals surface area contributed by atoms with Crippen LogP contribution in [-0.4, -0.2) is 34.4 Å². The van der Waals surface area contributed by atoms with Crippen LogP contribution in [0.2, 0.25) is 0 Å². The second-order valence-corrected chi connectivity index (χ2v) is 3.99. The lowest BCUT2D eigenvalue weighted by molar-refractivity contribution is 0.354. The Bertz CT molecular complexity index is 541. The van der Waals surface area contributed by atoms with E-state index < -0.39 is 0 Å². The number of hydrogen-bond acceptors (Lipinski definition) is 6. The monoisotopic (exact) mass is 263 g/mol. The third-order valence-corrected chi connectivity index (χ3v) is 2.61. The standard InChI is InChI=1S/C12H17N5O2/c1-17-15-12(14-16-17)8-13-7-9-4-5-10(18-2)11(6-9)19-3/h4-6,13H,7-8H2,1-3H3. The first-order valence-electron chi connectivity index (χ1n) is 5.87. The van der Waals surface area contributed by atoms with Crippen molar-refractivity contribution < 1.29 is 9.47 Å². The van der Waals surface area contributed by atoms with Crippen molar-refractivity contribution >= 4 is 0 Å². The first kappa shape index (κ1) is 13.3. The molecule has 0 saturated heterocycles. The third-order valence-electron chi connectivity index (χ3n) is 2.61. The minimum Gasteiger partial charge on any atom is -0.493 e. The predicted octanol–water partition coefficient (Wildman–Crippen LogP) is 0.517. The molecule has 1 heterocycles. The molecule has 7 nitrogen and oxygen atoms in total. The number of aromatic nitrogens is 4. The number of nitrogens with zero attached hydrogens (tertiary/aromatic N) is 4. The highest BCUT2D eigenvalue weighted by Gasteiger charge is 2.05. The molecule has 0 radical (unpaired) electrons. The zero-order chi connectivity index (χ0) is 13.7. The van der Waals surface area contributed by atoms with Gasteiger partial charge in [0.15, 0.2) is 17.3 Å². The summed E-state index contributed by atoms with van der Waals surface area (Å²) >= 11 is 0. The third kappa shape index (κ3) is 3.41. The van der Waals surface area contributed by atoms with Gasteiger partial charge in [0.25, 0.3) is 0 Å². The van der Waals surface area contributed by atoms with Crippen LogP contribution in [0, 0.1) is 0 Å². The van der Waals surface area contributed by atoms with Crippen LogP contribution < -0.4 is 14.8 Å². The summed E-state index contributed by atoms with van der Waals surface area (Å²) in [5, 5.41) is 15.0. The summed E-state index contributed by atoms with van der Waals surface area (Å²) in [6.07, 6.45) is 0. The maximum Gasteiger partial charge on any atom is 0.188 e. The van der Waals surface area contributed by atoms with Gasteiger partial charge in [0.2, 0.25) is 0 Å². The van der Waals surface area contributed by atoms with Gasteiger partial charge in [0.05, 0.1) is 27.8 Å². The lowest BCUT2D eigenvalue weighted by Gasteiger charge is -2.09. The zero-order valence-corrected chi connectivity index (χ0v) is 11.3. The quantitative estimate of drug-likeness (QED) is 0.819. The van der Waals surface area contributed by atoms with E-state index in [1.54, 1.807) is 21.3 Å². The van der Waals surface area contributed by atoms with Gasteiger partial charge in [-0.15, -0.1) is 10.2 Å². The van der Waals surface area contributed by atoms with E-state index >= 15 is 0 Å². The molecule has 0 atom stereocenters. The summed E-state index contributed by atoms with van der Waals surface area (Å²) in [4.78, 5) is 1.44. The Kier molecular flexibility index (Phi) is 4.30. The molecule has 19 heavy (non-hydrogen) atoms. The molecule has 0 fully saturated rings. The number of ether oxygens (including phenoxy) is 2. The summed E-state index contributed by atoms with van der Waals surface area (Å²) < 4.78 is 10.4. The van der Waals surface area contributed by atoms with Crippen molar-refractivity contribution in [3.8, 4) is 11.5 Å². The van der Waals surface area contributed by atoms with Gasteiger partial charge in [-0.25, -0.2) is 0 Å². The van der Waals surface area contributed by atoms with Crippen LogP contribution >= 0.6 is 0 Å². The highest BCUT2D eigenvalue weighted by Crippen LogP contribution is 2.27. The molecule has 0 amide bonds. The second-order valence-electron chi connectivity index (χ2n) is 3.99. The Labute approximate surface area is 111 Å². The van der Waals surface area contributed by atoms with Crippen molar-refractivity contribution in [1.29, 1.82) is 0 Å². The van der Waals surface area contributed by atoms with Gasteiger partial charge >= 0.3 is 0 Å². The van der Waals surface area contributed by atoms with E-state index in [0.717, 1.165) is 17.1 Å².